The van der Waals surface area contributed by atoms with Gasteiger partial charge in [0.25, 0.3) is 0 Å². The maximum atomic E-state index is 11.2. The van der Waals surface area contributed by atoms with Gasteiger partial charge in [0.2, 0.25) is 5.91 Å². The molecule has 0 saturated carbocycles. The van der Waals surface area contributed by atoms with E-state index in [0.29, 0.717) is 12.0 Å². The number of carbonyl (C=O) groups excluding carboxylic acids is 2. The predicted molar refractivity (Wildman–Crippen MR) is 60.0 cm³/mol. The number of primary amides is 1. The average Bonchev–Trinajstić information content (AvgIpc) is 2.27. The second-order valence-corrected chi connectivity index (χ2v) is 3.69. The third kappa shape index (κ3) is 3.08. The van der Waals surface area contributed by atoms with Gasteiger partial charge in [0, 0.05) is 6.42 Å². The van der Waals surface area contributed by atoms with Crippen molar-refractivity contribution in [3.05, 3.63) is 35.4 Å². The summed E-state index contributed by atoms with van der Waals surface area (Å²) in [5.41, 5.74) is 6.59. The number of carbonyl (C=O) groups is 2. The van der Waals surface area contributed by atoms with E-state index in [1.165, 1.54) is 7.11 Å². The van der Waals surface area contributed by atoms with Crippen molar-refractivity contribution in [3.63, 3.8) is 0 Å². The molecule has 0 saturated heterocycles. The van der Waals surface area contributed by atoms with Gasteiger partial charge >= 0.3 is 5.97 Å². The first-order valence-corrected chi connectivity index (χ1v) is 5.01. The molecule has 1 aromatic rings. The number of benzene rings is 1. The smallest absolute Gasteiger partial charge is 0.337 e. The molecule has 1 aromatic carbocycles. The zero-order valence-electron chi connectivity index (χ0n) is 9.40. The van der Waals surface area contributed by atoms with Crippen molar-refractivity contribution in [1.82, 2.24) is 0 Å². The van der Waals surface area contributed by atoms with Crippen LogP contribution in [0.3, 0.4) is 0 Å². The second kappa shape index (κ2) is 5.30. The molecule has 1 amide bonds. The molecule has 1 atom stereocenters. The minimum absolute atomic E-state index is 0.0594. The summed E-state index contributed by atoms with van der Waals surface area (Å²) in [4.78, 5) is 21.9. The molecule has 16 heavy (non-hydrogen) atoms. The van der Waals surface area contributed by atoms with Gasteiger partial charge < -0.3 is 10.5 Å². The highest BCUT2D eigenvalue weighted by molar-refractivity contribution is 5.89. The van der Waals surface area contributed by atoms with E-state index in [9.17, 15) is 9.59 Å². The van der Waals surface area contributed by atoms with E-state index in [2.05, 4.69) is 4.74 Å². The van der Waals surface area contributed by atoms with Crippen LogP contribution in [0.15, 0.2) is 24.3 Å². The zero-order chi connectivity index (χ0) is 12.1. The van der Waals surface area contributed by atoms with E-state index < -0.39 is 0 Å². The Morgan fingerprint density at radius 2 is 1.88 bits per heavy atom. The molecule has 0 bridgehead atoms. The first kappa shape index (κ1) is 12.2. The molecule has 1 rings (SSSR count). The molecule has 0 aliphatic heterocycles. The molecular weight excluding hydrogens is 206 g/mol. The van der Waals surface area contributed by atoms with Crippen LogP contribution in [0.4, 0.5) is 0 Å². The van der Waals surface area contributed by atoms with Gasteiger partial charge in [-0.1, -0.05) is 19.1 Å². The maximum absolute atomic E-state index is 11.2. The molecule has 0 spiro atoms. The lowest BCUT2D eigenvalue weighted by molar-refractivity contribution is -0.118. The van der Waals surface area contributed by atoms with Gasteiger partial charge in [-0.3, -0.25) is 4.79 Å². The lowest BCUT2D eigenvalue weighted by Gasteiger charge is -2.09. The molecule has 0 aliphatic carbocycles. The third-order valence-electron chi connectivity index (χ3n) is 2.41. The highest BCUT2D eigenvalue weighted by Gasteiger charge is 2.10. The summed E-state index contributed by atoms with van der Waals surface area (Å²) >= 11 is 0. The zero-order valence-corrected chi connectivity index (χ0v) is 9.40. The van der Waals surface area contributed by atoms with E-state index in [4.69, 9.17) is 5.73 Å². The lowest BCUT2D eigenvalue weighted by atomic mass is 9.96. The maximum Gasteiger partial charge on any atom is 0.337 e. The summed E-state index contributed by atoms with van der Waals surface area (Å²) in [5, 5.41) is 0. The molecule has 0 aromatic heterocycles. The SMILES string of the molecule is COC(=O)c1ccc(C(C)CC(N)=O)cc1. The number of nitrogens with two attached hydrogens (primary N) is 1. The Hall–Kier alpha value is -1.84. The van der Waals surface area contributed by atoms with Crippen molar-refractivity contribution < 1.29 is 14.3 Å². The predicted octanol–water partition coefficient (Wildman–Crippen LogP) is 1.45. The molecule has 0 heterocycles. The fourth-order valence-corrected chi connectivity index (χ4v) is 1.49. The Morgan fingerprint density at radius 1 is 1.31 bits per heavy atom. The Kier molecular flexibility index (Phi) is 4.05. The Bertz CT molecular complexity index is 384. The first-order valence-electron chi connectivity index (χ1n) is 5.01. The summed E-state index contributed by atoms with van der Waals surface area (Å²) in [5.74, 6) is -0.636. The molecule has 0 radical (unpaired) electrons. The lowest BCUT2D eigenvalue weighted by Crippen LogP contribution is -2.13. The molecular formula is C12H15NO3. The van der Waals surface area contributed by atoms with Crippen molar-refractivity contribution in [2.24, 2.45) is 5.73 Å². The molecule has 0 aliphatic rings. The number of amides is 1. The van der Waals surface area contributed by atoms with Crippen LogP contribution < -0.4 is 5.73 Å². The monoisotopic (exact) mass is 221 g/mol. The fraction of sp³-hybridized carbons (Fsp3) is 0.333. The topological polar surface area (TPSA) is 69.4 Å². The summed E-state index contributed by atoms with van der Waals surface area (Å²) < 4.78 is 4.59. The standard InChI is InChI=1S/C12H15NO3/c1-8(7-11(13)14)9-3-5-10(6-4-9)12(15)16-2/h3-6,8H,7H2,1-2H3,(H2,13,14). The molecule has 1 unspecified atom stereocenters. The largest absolute Gasteiger partial charge is 0.465 e. The van der Waals surface area contributed by atoms with Crippen LogP contribution >= 0.6 is 0 Å². The Labute approximate surface area is 94.4 Å². The minimum Gasteiger partial charge on any atom is -0.465 e. The van der Waals surface area contributed by atoms with Gasteiger partial charge in [0.1, 0.15) is 0 Å². The first-order chi connectivity index (χ1) is 7.54. The molecule has 4 heteroatoms. The second-order valence-electron chi connectivity index (χ2n) is 3.69. The third-order valence-corrected chi connectivity index (χ3v) is 2.41. The van der Waals surface area contributed by atoms with Gasteiger partial charge in [0.05, 0.1) is 12.7 Å². The van der Waals surface area contributed by atoms with Crippen LogP contribution in [-0.2, 0) is 9.53 Å². The summed E-state index contributed by atoms with van der Waals surface area (Å²) in [6, 6.07) is 6.97. The van der Waals surface area contributed by atoms with Gasteiger partial charge in [-0.25, -0.2) is 4.79 Å². The summed E-state index contributed by atoms with van der Waals surface area (Å²) in [7, 11) is 1.34. The van der Waals surface area contributed by atoms with Crippen LogP contribution in [0, 0.1) is 0 Å². The van der Waals surface area contributed by atoms with Crippen LogP contribution in [-0.4, -0.2) is 19.0 Å². The number of hydrogen-bond donors (Lipinski definition) is 1. The van der Waals surface area contributed by atoms with Crippen molar-refractivity contribution in [2.75, 3.05) is 7.11 Å². The van der Waals surface area contributed by atoms with Crippen LogP contribution in [0.1, 0.15) is 35.2 Å². The van der Waals surface area contributed by atoms with Crippen molar-refractivity contribution >= 4 is 11.9 Å². The number of hydrogen-bond acceptors (Lipinski definition) is 3. The summed E-state index contributed by atoms with van der Waals surface area (Å²) in [6.45, 7) is 1.91. The quantitative estimate of drug-likeness (QED) is 0.782. The normalized spacial score (nSPS) is 11.9. The highest BCUT2D eigenvalue weighted by atomic mass is 16.5. The Balaban J connectivity index is 2.78. The molecule has 86 valence electrons. The van der Waals surface area contributed by atoms with E-state index in [-0.39, 0.29) is 17.8 Å². The number of esters is 1. The average molecular weight is 221 g/mol. The van der Waals surface area contributed by atoms with Crippen LogP contribution in [0.25, 0.3) is 0 Å². The molecule has 0 fully saturated rings. The van der Waals surface area contributed by atoms with Gasteiger partial charge in [-0.2, -0.15) is 0 Å². The van der Waals surface area contributed by atoms with Gasteiger partial charge in [-0.05, 0) is 23.6 Å². The van der Waals surface area contributed by atoms with E-state index in [1.54, 1.807) is 24.3 Å². The number of rotatable bonds is 4. The van der Waals surface area contributed by atoms with E-state index in [0.717, 1.165) is 5.56 Å². The highest BCUT2D eigenvalue weighted by Crippen LogP contribution is 2.19. The van der Waals surface area contributed by atoms with Crippen LogP contribution in [0.5, 0.6) is 0 Å². The summed E-state index contributed by atoms with van der Waals surface area (Å²) in [6.07, 6.45) is 0.303. The molecule has 4 nitrogen and oxygen atoms in total. The van der Waals surface area contributed by atoms with Crippen molar-refractivity contribution in [2.45, 2.75) is 19.3 Å². The van der Waals surface area contributed by atoms with E-state index in [1.807, 2.05) is 6.92 Å². The van der Waals surface area contributed by atoms with Crippen molar-refractivity contribution in [1.29, 1.82) is 0 Å². The number of ether oxygens (including phenoxy) is 1. The van der Waals surface area contributed by atoms with E-state index >= 15 is 0 Å². The number of methoxy groups -OCH3 is 1. The molecule has 2 N–H and O–H groups in total. The van der Waals surface area contributed by atoms with Crippen molar-refractivity contribution in [3.8, 4) is 0 Å². The minimum atomic E-state index is -0.367. The van der Waals surface area contributed by atoms with Crippen LogP contribution in [0.2, 0.25) is 0 Å². The van der Waals surface area contributed by atoms with Gasteiger partial charge in [0.15, 0.2) is 0 Å². The fourth-order valence-electron chi connectivity index (χ4n) is 1.49. The van der Waals surface area contributed by atoms with Gasteiger partial charge in [-0.15, -0.1) is 0 Å². The Morgan fingerprint density at radius 3 is 2.31 bits per heavy atom.